The summed E-state index contributed by atoms with van der Waals surface area (Å²) < 4.78 is 1.87. The molecule has 0 radical (unpaired) electrons. The molecule has 1 heterocycles. The van der Waals surface area contributed by atoms with E-state index in [1.165, 1.54) is 0 Å². The van der Waals surface area contributed by atoms with Crippen molar-refractivity contribution in [3.05, 3.63) is 30.1 Å². The van der Waals surface area contributed by atoms with E-state index in [0.717, 1.165) is 16.9 Å². The molecule has 1 amide bonds. The van der Waals surface area contributed by atoms with E-state index in [4.69, 9.17) is 5.26 Å². The largest absolute Gasteiger partial charge is 0.354 e. The number of aryl methyl sites for hydroxylation is 1. The van der Waals surface area contributed by atoms with Crippen LogP contribution in [0.15, 0.2) is 24.3 Å². The van der Waals surface area contributed by atoms with Crippen LogP contribution in [-0.2, 0) is 11.3 Å². The van der Waals surface area contributed by atoms with Gasteiger partial charge in [0.05, 0.1) is 23.5 Å². The smallest absolute Gasteiger partial charge is 0.240 e. The van der Waals surface area contributed by atoms with Crippen molar-refractivity contribution in [2.75, 3.05) is 6.54 Å². The Bertz CT molecular complexity index is 609. The number of nitriles is 1. The van der Waals surface area contributed by atoms with Gasteiger partial charge in [-0.1, -0.05) is 12.1 Å². The van der Waals surface area contributed by atoms with E-state index in [1.54, 1.807) is 0 Å². The minimum absolute atomic E-state index is 0.100. The van der Waals surface area contributed by atoms with Gasteiger partial charge < -0.3 is 9.88 Å². The first-order valence-electron chi connectivity index (χ1n) is 5.78. The Morgan fingerprint density at radius 3 is 3.06 bits per heavy atom. The molecule has 18 heavy (non-hydrogen) atoms. The van der Waals surface area contributed by atoms with Crippen molar-refractivity contribution in [1.82, 2.24) is 14.9 Å². The van der Waals surface area contributed by atoms with Gasteiger partial charge in [0.15, 0.2) is 0 Å². The van der Waals surface area contributed by atoms with E-state index >= 15 is 0 Å². The highest BCUT2D eigenvalue weighted by molar-refractivity contribution is 5.81. The van der Waals surface area contributed by atoms with Crippen molar-refractivity contribution in [3.63, 3.8) is 0 Å². The number of para-hydroxylation sites is 2. The Hall–Kier alpha value is -2.35. The fourth-order valence-electron chi connectivity index (χ4n) is 1.85. The lowest BCUT2D eigenvalue weighted by Crippen LogP contribution is -2.28. The van der Waals surface area contributed by atoms with Crippen molar-refractivity contribution in [1.29, 1.82) is 5.26 Å². The third kappa shape index (κ3) is 2.48. The highest BCUT2D eigenvalue weighted by Gasteiger charge is 2.09. The second-order valence-electron chi connectivity index (χ2n) is 3.99. The molecule has 0 atom stereocenters. The molecular weight excluding hydrogens is 228 g/mol. The average molecular weight is 242 g/mol. The fraction of sp³-hybridized carbons (Fsp3) is 0.308. The Morgan fingerprint density at radius 1 is 1.50 bits per heavy atom. The predicted octanol–water partition coefficient (Wildman–Crippen LogP) is 1.37. The molecule has 5 heteroatoms. The van der Waals surface area contributed by atoms with Crippen LogP contribution in [0.2, 0.25) is 0 Å². The Kier molecular flexibility index (Phi) is 3.58. The zero-order valence-electron chi connectivity index (χ0n) is 10.2. The Balaban J connectivity index is 2.14. The van der Waals surface area contributed by atoms with Gasteiger partial charge in [0, 0.05) is 6.54 Å². The minimum Gasteiger partial charge on any atom is -0.354 e. The molecule has 0 aliphatic heterocycles. The number of fused-ring (bicyclic) bond motifs is 1. The maximum absolute atomic E-state index is 11.7. The molecule has 2 aromatic rings. The van der Waals surface area contributed by atoms with Crippen molar-refractivity contribution >= 4 is 16.9 Å². The van der Waals surface area contributed by atoms with Gasteiger partial charge in [-0.25, -0.2) is 4.98 Å². The number of carbonyl (C=O) groups is 1. The van der Waals surface area contributed by atoms with Crippen LogP contribution in [0.5, 0.6) is 0 Å². The lowest BCUT2D eigenvalue weighted by molar-refractivity contribution is -0.121. The number of hydrogen-bond acceptors (Lipinski definition) is 3. The normalized spacial score (nSPS) is 10.2. The number of imidazole rings is 1. The molecule has 2 rings (SSSR count). The summed E-state index contributed by atoms with van der Waals surface area (Å²) in [5, 5.41) is 11.1. The zero-order chi connectivity index (χ0) is 13.0. The number of hydrogen-bond donors (Lipinski definition) is 1. The SMILES string of the molecule is Cc1nc2ccccc2n1CC(=O)NCCC#N. The topological polar surface area (TPSA) is 70.7 Å². The molecule has 0 aliphatic rings. The fourth-order valence-corrected chi connectivity index (χ4v) is 1.85. The first kappa shape index (κ1) is 12.1. The summed E-state index contributed by atoms with van der Waals surface area (Å²) in [4.78, 5) is 16.1. The monoisotopic (exact) mass is 242 g/mol. The van der Waals surface area contributed by atoms with Gasteiger partial charge in [0.2, 0.25) is 5.91 Å². The van der Waals surface area contributed by atoms with Gasteiger partial charge >= 0.3 is 0 Å². The molecule has 1 aromatic carbocycles. The van der Waals surface area contributed by atoms with Gasteiger partial charge in [0.1, 0.15) is 12.4 Å². The number of nitrogens with one attached hydrogen (secondary N) is 1. The average Bonchev–Trinajstić information content (AvgIpc) is 2.67. The first-order valence-corrected chi connectivity index (χ1v) is 5.78. The standard InChI is InChI=1S/C13H14N4O/c1-10-16-11-5-2-3-6-12(11)17(10)9-13(18)15-8-4-7-14/h2-3,5-6H,4,8-9H2,1H3,(H,15,18). The maximum atomic E-state index is 11.7. The highest BCUT2D eigenvalue weighted by atomic mass is 16.1. The molecule has 0 unspecified atom stereocenters. The molecule has 0 saturated carbocycles. The van der Waals surface area contributed by atoms with Gasteiger partial charge in [-0.05, 0) is 19.1 Å². The molecule has 0 aliphatic carbocycles. The maximum Gasteiger partial charge on any atom is 0.240 e. The number of benzene rings is 1. The molecule has 1 aromatic heterocycles. The summed E-state index contributed by atoms with van der Waals surface area (Å²) in [5.41, 5.74) is 1.84. The third-order valence-corrected chi connectivity index (χ3v) is 2.71. The molecule has 5 nitrogen and oxygen atoms in total. The van der Waals surface area contributed by atoms with E-state index in [-0.39, 0.29) is 12.5 Å². The lowest BCUT2D eigenvalue weighted by atomic mass is 10.3. The van der Waals surface area contributed by atoms with Crippen molar-refractivity contribution in [2.24, 2.45) is 0 Å². The number of rotatable bonds is 4. The van der Waals surface area contributed by atoms with Gasteiger partial charge in [-0.2, -0.15) is 5.26 Å². The summed E-state index contributed by atoms with van der Waals surface area (Å²) in [6.07, 6.45) is 0.329. The van der Waals surface area contributed by atoms with Gasteiger partial charge in [-0.15, -0.1) is 0 Å². The predicted molar refractivity (Wildman–Crippen MR) is 67.7 cm³/mol. The van der Waals surface area contributed by atoms with E-state index in [9.17, 15) is 4.79 Å². The van der Waals surface area contributed by atoms with Crippen LogP contribution in [0.25, 0.3) is 11.0 Å². The number of aromatic nitrogens is 2. The molecule has 92 valence electrons. The van der Waals surface area contributed by atoms with Crippen LogP contribution >= 0.6 is 0 Å². The van der Waals surface area contributed by atoms with Crippen molar-refractivity contribution < 1.29 is 4.79 Å². The van der Waals surface area contributed by atoms with E-state index in [0.29, 0.717) is 13.0 Å². The summed E-state index contributed by atoms with van der Waals surface area (Å²) >= 11 is 0. The van der Waals surface area contributed by atoms with Crippen LogP contribution in [0.1, 0.15) is 12.2 Å². The van der Waals surface area contributed by atoms with E-state index < -0.39 is 0 Å². The zero-order valence-corrected chi connectivity index (χ0v) is 10.2. The lowest BCUT2D eigenvalue weighted by Gasteiger charge is -2.06. The Morgan fingerprint density at radius 2 is 2.28 bits per heavy atom. The van der Waals surface area contributed by atoms with Gasteiger partial charge in [-0.3, -0.25) is 4.79 Å². The quantitative estimate of drug-likeness (QED) is 0.823. The van der Waals surface area contributed by atoms with Crippen molar-refractivity contribution in [3.8, 4) is 6.07 Å². The number of carbonyl (C=O) groups excluding carboxylic acids is 1. The van der Waals surface area contributed by atoms with Crippen LogP contribution in [0.3, 0.4) is 0 Å². The molecule has 0 saturated heterocycles. The van der Waals surface area contributed by atoms with Gasteiger partial charge in [0.25, 0.3) is 0 Å². The van der Waals surface area contributed by atoms with Crippen LogP contribution < -0.4 is 5.32 Å². The second-order valence-corrected chi connectivity index (χ2v) is 3.99. The molecular formula is C13H14N4O. The summed E-state index contributed by atoms with van der Waals surface area (Å²) in [6.45, 7) is 2.50. The molecule has 1 N–H and O–H groups in total. The van der Waals surface area contributed by atoms with Crippen molar-refractivity contribution in [2.45, 2.75) is 19.9 Å². The summed E-state index contributed by atoms with van der Waals surface area (Å²) in [5.74, 6) is 0.711. The van der Waals surface area contributed by atoms with Crippen LogP contribution in [0, 0.1) is 18.3 Å². The molecule has 0 bridgehead atoms. The molecule has 0 fully saturated rings. The minimum atomic E-state index is -0.100. The first-order chi connectivity index (χ1) is 8.72. The summed E-state index contributed by atoms with van der Waals surface area (Å²) in [7, 11) is 0. The molecule has 0 spiro atoms. The number of amides is 1. The Labute approximate surface area is 105 Å². The van der Waals surface area contributed by atoms with Crippen LogP contribution in [0.4, 0.5) is 0 Å². The second kappa shape index (κ2) is 5.32. The number of nitrogens with zero attached hydrogens (tertiary/aromatic N) is 3. The highest BCUT2D eigenvalue weighted by Crippen LogP contribution is 2.14. The van der Waals surface area contributed by atoms with E-state index in [1.807, 2.05) is 41.8 Å². The van der Waals surface area contributed by atoms with Crippen LogP contribution in [-0.4, -0.2) is 22.0 Å². The van der Waals surface area contributed by atoms with E-state index in [2.05, 4.69) is 10.3 Å². The summed E-state index contributed by atoms with van der Waals surface area (Å²) in [6, 6.07) is 9.70. The third-order valence-electron chi connectivity index (χ3n) is 2.71.